The number of hydrogen-bond donors (Lipinski definition) is 2. The molecule has 1 aliphatic rings. The van der Waals surface area contributed by atoms with Crippen molar-refractivity contribution in [3.05, 3.63) is 65.0 Å². The summed E-state index contributed by atoms with van der Waals surface area (Å²) < 4.78 is 44.9. The predicted molar refractivity (Wildman–Crippen MR) is 125 cm³/mol. The summed E-state index contributed by atoms with van der Waals surface area (Å²) in [6.45, 7) is 3.26. The molecule has 0 radical (unpaired) electrons. The molecule has 0 amide bonds. The first-order valence-corrected chi connectivity index (χ1v) is 11.1. The van der Waals surface area contributed by atoms with Crippen LogP contribution in [0, 0.1) is 18.6 Å². The van der Waals surface area contributed by atoms with Gasteiger partial charge >= 0.3 is 0 Å². The van der Waals surface area contributed by atoms with Gasteiger partial charge in [0.25, 0.3) is 0 Å². The summed E-state index contributed by atoms with van der Waals surface area (Å²) in [6.07, 6.45) is 5.08. The van der Waals surface area contributed by atoms with Gasteiger partial charge in [-0.15, -0.1) is 0 Å². The number of benzene rings is 2. The molecule has 1 aliphatic heterocycles. The molecule has 4 rings (SSSR count). The maximum absolute atomic E-state index is 14.4. The van der Waals surface area contributed by atoms with E-state index in [0.717, 1.165) is 31.6 Å². The summed E-state index contributed by atoms with van der Waals surface area (Å²) in [4.78, 5) is 8.49. The zero-order chi connectivity index (χ0) is 24.1. The molecule has 0 saturated carbocycles. The number of aryl methyl sites for hydroxylation is 1. The average molecular weight is 471 g/mol. The minimum atomic E-state index is -0.787. The molecule has 3 aromatic rings. The van der Waals surface area contributed by atoms with Crippen molar-refractivity contribution >= 4 is 11.6 Å². The lowest BCUT2D eigenvalue weighted by molar-refractivity contribution is 0.285. The van der Waals surface area contributed by atoms with Gasteiger partial charge in [0, 0.05) is 0 Å². The van der Waals surface area contributed by atoms with Gasteiger partial charge in [-0.2, -0.15) is 0 Å². The summed E-state index contributed by atoms with van der Waals surface area (Å²) in [5, 5.41) is 6.52. The predicted octanol–water partition coefficient (Wildman–Crippen LogP) is 4.87. The Labute approximate surface area is 197 Å². The Morgan fingerprint density at radius 3 is 2.38 bits per heavy atom. The Hall–Kier alpha value is -3.46. The number of halogens is 2. The lowest BCUT2D eigenvalue weighted by Crippen LogP contribution is -2.26. The molecule has 0 spiro atoms. The summed E-state index contributed by atoms with van der Waals surface area (Å²) in [5.41, 5.74) is 2.05. The van der Waals surface area contributed by atoms with E-state index >= 15 is 0 Å². The van der Waals surface area contributed by atoms with Gasteiger partial charge in [-0.1, -0.05) is 6.07 Å². The Bertz CT molecular complexity index is 1140. The van der Waals surface area contributed by atoms with E-state index in [0.29, 0.717) is 17.6 Å². The van der Waals surface area contributed by atoms with Gasteiger partial charge in [0.1, 0.15) is 18.2 Å². The summed E-state index contributed by atoms with van der Waals surface area (Å²) >= 11 is 0. The molecule has 2 aromatic carbocycles. The summed E-state index contributed by atoms with van der Waals surface area (Å²) in [6, 6.07) is 7.41. The second kappa shape index (κ2) is 10.6. The Morgan fingerprint density at radius 1 is 1.00 bits per heavy atom. The van der Waals surface area contributed by atoms with Gasteiger partial charge in [-0.25, -0.2) is 18.7 Å². The molecule has 2 N–H and O–H groups in total. The van der Waals surface area contributed by atoms with Crippen LogP contribution in [0.2, 0.25) is 0 Å². The number of anilines is 2. The van der Waals surface area contributed by atoms with Crippen molar-refractivity contribution in [3.8, 4) is 17.2 Å². The second-order valence-corrected chi connectivity index (χ2v) is 8.14. The third kappa shape index (κ3) is 5.20. The van der Waals surface area contributed by atoms with Gasteiger partial charge in [0.05, 0.1) is 37.9 Å². The molecule has 1 aromatic heterocycles. The maximum Gasteiger partial charge on any atom is 0.227 e. The van der Waals surface area contributed by atoms with Crippen LogP contribution in [0.25, 0.3) is 0 Å². The van der Waals surface area contributed by atoms with Crippen molar-refractivity contribution in [3.63, 3.8) is 0 Å². The van der Waals surface area contributed by atoms with Crippen molar-refractivity contribution in [2.24, 2.45) is 0 Å². The van der Waals surface area contributed by atoms with Crippen LogP contribution in [0.3, 0.4) is 0 Å². The van der Waals surface area contributed by atoms with Gasteiger partial charge in [0.2, 0.25) is 5.95 Å². The second-order valence-electron chi connectivity index (χ2n) is 8.14. The maximum atomic E-state index is 14.4. The lowest BCUT2D eigenvalue weighted by atomic mass is 9.90. The van der Waals surface area contributed by atoms with E-state index in [-0.39, 0.29) is 29.2 Å². The molecule has 2 heterocycles. The molecule has 34 heavy (non-hydrogen) atoms. The third-order valence-corrected chi connectivity index (χ3v) is 5.95. The van der Waals surface area contributed by atoms with Gasteiger partial charge in [-0.05, 0) is 68.1 Å². The highest BCUT2D eigenvalue weighted by atomic mass is 19.1. The van der Waals surface area contributed by atoms with Crippen molar-refractivity contribution in [1.82, 2.24) is 15.3 Å². The van der Waals surface area contributed by atoms with Crippen LogP contribution in [-0.4, -0.2) is 37.3 Å². The molecule has 1 fully saturated rings. The van der Waals surface area contributed by atoms with E-state index in [9.17, 15) is 8.78 Å². The van der Waals surface area contributed by atoms with Crippen LogP contribution in [-0.2, 0) is 6.61 Å². The quantitative estimate of drug-likeness (QED) is 0.486. The van der Waals surface area contributed by atoms with Crippen LogP contribution < -0.4 is 24.8 Å². The molecular formula is C25H28F2N4O3. The van der Waals surface area contributed by atoms with E-state index in [1.165, 1.54) is 38.1 Å². The normalized spacial score (nSPS) is 14.0. The number of ether oxygens (including phenoxy) is 3. The fourth-order valence-corrected chi connectivity index (χ4v) is 4.03. The number of nitrogens with one attached hydrogen (secondary N) is 2. The number of rotatable bonds is 8. The summed E-state index contributed by atoms with van der Waals surface area (Å²) in [5.74, 6) is 0.350. The smallest absolute Gasteiger partial charge is 0.227 e. The molecule has 9 heteroatoms. The molecule has 0 bridgehead atoms. The van der Waals surface area contributed by atoms with Gasteiger partial charge in [-0.3, -0.25) is 0 Å². The molecule has 1 saturated heterocycles. The standard InChI is InChI=1S/C25H28F2N4O3/c1-15-10-22(33-3)24(27)19(23(15)26)14-34-18-12-29-25(30-13-18)31-20-5-4-17(11-21(20)32-2)16-6-8-28-9-7-16/h4-5,10-13,16,28H,6-9,14H2,1-3H3,(H,29,30,31). The zero-order valence-electron chi connectivity index (χ0n) is 19.5. The SMILES string of the molecule is COc1cc(C2CCNCC2)ccc1Nc1ncc(OCc2c(F)c(C)cc(OC)c2F)cn1. The van der Waals surface area contributed by atoms with E-state index in [4.69, 9.17) is 14.2 Å². The fraction of sp³-hybridized carbons (Fsp3) is 0.360. The monoisotopic (exact) mass is 470 g/mol. The topological polar surface area (TPSA) is 77.5 Å². The van der Waals surface area contributed by atoms with Crippen molar-refractivity contribution in [1.29, 1.82) is 0 Å². The zero-order valence-corrected chi connectivity index (χ0v) is 19.5. The first-order chi connectivity index (χ1) is 16.5. The van der Waals surface area contributed by atoms with Crippen LogP contribution in [0.4, 0.5) is 20.4 Å². The highest BCUT2D eigenvalue weighted by Crippen LogP contribution is 2.33. The molecule has 0 unspecified atom stereocenters. The first-order valence-electron chi connectivity index (χ1n) is 11.1. The van der Waals surface area contributed by atoms with E-state index in [2.05, 4.69) is 32.7 Å². The number of hydrogen-bond acceptors (Lipinski definition) is 7. The molecule has 7 nitrogen and oxygen atoms in total. The van der Waals surface area contributed by atoms with E-state index in [1.54, 1.807) is 7.11 Å². The van der Waals surface area contributed by atoms with E-state index < -0.39 is 11.6 Å². The Morgan fingerprint density at radius 2 is 1.71 bits per heavy atom. The van der Waals surface area contributed by atoms with Gasteiger partial charge < -0.3 is 24.8 Å². The van der Waals surface area contributed by atoms with Crippen LogP contribution in [0.1, 0.15) is 35.4 Å². The number of methoxy groups -OCH3 is 2. The average Bonchev–Trinajstić information content (AvgIpc) is 2.88. The minimum absolute atomic E-state index is 0.0339. The Kier molecular flexibility index (Phi) is 7.42. The van der Waals surface area contributed by atoms with Gasteiger partial charge in [0.15, 0.2) is 17.3 Å². The van der Waals surface area contributed by atoms with Crippen LogP contribution in [0.15, 0.2) is 36.7 Å². The van der Waals surface area contributed by atoms with Crippen molar-refractivity contribution in [2.75, 3.05) is 32.6 Å². The molecular weight excluding hydrogens is 442 g/mol. The fourth-order valence-electron chi connectivity index (χ4n) is 4.03. The van der Waals surface area contributed by atoms with Crippen LogP contribution in [0.5, 0.6) is 17.2 Å². The summed E-state index contributed by atoms with van der Waals surface area (Å²) in [7, 11) is 2.96. The Balaban J connectivity index is 1.43. The van der Waals surface area contributed by atoms with Crippen LogP contribution >= 0.6 is 0 Å². The lowest BCUT2D eigenvalue weighted by Gasteiger charge is -2.24. The first kappa shape index (κ1) is 23.7. The van der Waals surface area contributed by atoms with E-state index in [1.807, 2.05) is 6.07 Å². The third-order valence-electron chi connectivity index (χ3n) is 5.95. The number of nitrogens with zero attached hydrogens (tertiary/aromatic N) is 2. The van der Waals surface area contributed by atoms with Crippen molar-refractivity contribution < 1.29 is 23.0 Å². The molecule has 0 aliphatic carbocycles. The molecule has 0 atom stereocenters. The molecule has 180 valence electrons. The highest BCUT2D eigenvalue weighted by Gasteiger charge is 2.19. The minimum Gasteiger partial charge on any atom is -0.495 e. The van der Waals surface area contributed by atoms with Crippen molar-refractivity contribution in [2.45, 2.75) is 32.3 Å². The highest BCUT2D eigenvalue weighted by molar-refractivity contribution is 5.63. The largest absolute Gasteiger partial charge is 0.495 e. The number of piperidine rings is 1. The number of aromatic nitrogens is 2.